The summed E-state index contributed by atoms with van der Waals surface area (Å²) in [5, 5.41) is 12.7. The molecule has 5 nitrogen and oxygen atoms in total. The first-order valence-electron chi connectivity index (χ1n) is 6.95. The van der Waals surface area contributed by atoms with Gasteiger partial charge < -0.3 is 15.3 Å². The van der Waals surface area contributed by atoms with E-state index in [2.05, 4.69) is 17.2 Å². The Balaban J connectivity index is 2.12. The number of rotatable bonds is 5. The Labute approximate surface area is 123 Å². The summed E-state index contributed by atoms with van der Waals surface area (Å²) in [5.41, 5.74) is 0.471. The van der Waals surface area contributed by atoms with Crippen LogP contribution in [-0.4, -0.2) is 47.1 Å². The Hall–Kier alpha value is -1.33. The van der Waals surface area contributed by atoms with Crippen LogP contribution in [0.5, 0.6) is 0 Å². The van der Waals surface area contributed by atoms with Gasteiger partial charge in [-0.15, -0.1) is 0 Å². The number of hydrogen-bond acceptors (Lipinski definition) is 4. The zero-order valence-electron chi connectivity index (χ0n) is 11.6. The van der Waals surface area contributed by atoms with Crippen LogP contribution in [0, 0.1) is 5.92 Å². The van der Waals surface area contributed by atoms with E-state index in [1.54, 1.807) is 11.0 Å². The number of halogens is 1. The molecule has 1 aromatic heterocycles. The predicted octanol–water partition coefficient (Wildman–Crippen LogP) is 2.01. The summed E-state index contributed by atoms with van der Waals surface area (Å²) < 4.78 is 0. The van der Waals surface area contributed by atoms with Crippen molar-refractivity contribution in [3.05, 3.63) is 22.8 Å². The van der Waals surface area contributed by atoms with Gasteiger partial charge in [-0.1, -0.05) is 18.5 Å². The van der Waals surface area contributed by atoms with Gasteiger partial charge in [-0.2, -0.15) is 0 Å². The topological polar surface area (TPSA) is 65.5 Å². The first-order chi connectivity index (χ1) is 9.65. The summed E-state index contributed by atoms with van der Waals surface area (Å²) in [6.07, 6.45) is 3.33. The van der Waals surface area contributed by atoms with Gasteiger partial charge in [0.05, 0.1) is 10.6 Å². The molecule has 1 aliphatic heterocycles. The van der Waals surface area contributed by atoms with E-state index in [9.17, 15) is 4.79 Å². The molecule has 0 radical (unpaired) electrons. The van der Waals surface area contributed by atoms with E-state index in [-0.39, 0.29) is 18.4 Å². The molecule has 1 amide bonds. The number of nitrogens with one attached hydrogen (secondary N) is 1. The molecule has 1 aromatic rings. The molecule has 1 atom stereocenters. The van der Waals surface area contributed by atoms with E-state index < -0.39 is 0 Å². The van der Waals surface area contributed by atoms with Gasteiger partial charge in [0.25, 0.3) is 5.91 Å². The molecule has 2 N–H and O–H groups in total. The Morgan fingerprint density at radius 1 is 1.65 bits per heavy atom. The van der Waals surface area contributed by atoms with Crippen LogP contribution >= 0.6 is 11.6 Å². The molecule has 0 spiro atoms. The maximum absolute atomic E-state index is 12.5. The molecule has 0 saturated carbocycles. The molecule has 6 heteroatoms. The second-order valence-electron chi connectivity index (χ2n) is 5.06. The number of aromatic nitrogens is 1. The summed E-state index contributed by atoms with van der Waals surface area (Å²) in [4.78, 5) is 18.4. The largest absolute Gasteiger partial charge is 0.396 e. The number of nitrogens with zero attached hydrogens (tertiary/aromatic N) is 2. The first-order valence-corrected chi connectivity index (χ1v) is 7.33. The van der Waals surface area contributed by atoms with Gasteiger partial charge in [0.15, 0.2) is 0 Å². The fourth-order valence-corrected chi connectivity index (χ4v) is 2.47. The molecule has 2 heterocycles. The van der Waals surface area contributed by atoms with Crippen LogP contribution in [0.15, 0.2) is 12.3 Å². The lowest BCUT2D eigenvalue weighted by Crippen LogP contribution is -2.29. The maximum Gasteiger partial charge on any atom is 0.255 e. The third kappa shape index (κ3) is 3.41. The second kappa shape index (κ2) is 6.90. The number of hydrogen-bond donors (Lipinski definition) is 2. The Morgan fingerprint density at radius 2 is 2.45 bits per heavy atom. The van der Waals surface area contributed by atoms with Gasteiger partial charge in [0.2, 0.25) is 0 Å². The van der Waals surface area contributed by atoms with Crippen molar-refractivity contribution >= 4 is 23.3 Å². The van der Waals surface area contributed by atoms with Crippen LogP contribution in [0.2, 0.25) is 5.02 Å². The van der Waals surface area contributed by atoms with Crippen molar-refractivity contribution in [2.75, 3.05) is 31.6 Å². The van der Waals surface area contributed by atoms with Crippen molar-refractivity contribution in [3.63, 3.8) is 0 Å². The minimum absolute atomic E-state index is 0.0899. The SMILES string of the molecule is CCCNc1cc(C(=O)N2CCC(CO)C2)c(Cl)cn1. The molecule has 20 heavy (non-hydrogen) atoms. The quantitative estimate of drug-likeness (QED) is 0.872. The molecule has 0 aliphatic carbocycles. The van der Waals surface area contributed by atoms with Crippen LogP contribution in [0.3, 0.4) is 0 Å². The highest BCUT2D eigenvalue weighted by molar-refractivity contribution is 6.33. The average molecular weight is 298 g/mol. The average Bonchev–Trinajstić information content (AvgIpc) is 2.94. The van der Waals surface area contributed by atoms with E-state index in [0.717, 1.165) is 19.4 Å². The summed E-state index contributed by atoms with van der Waals surface area (Å²) in [6.45, 7) is 4.25. The summed E-state index contributed by atoms with van der Waals surface area (Å²) in [7, 11) is 0. The van der Waals surface area contributed by atoms with Gasteiger partial charge in [-0.05, 0) is 18.9 Å². The van der Waals surface area contributed by atoms with E-state index >= 15 is 0 Å². The van der Waals surface area contributed by atoms with Gasteiger partial charge in [0.1, 0.15) is 5.82 Å². The highest BCUT2D eigenvalue weighted by atomic mass is 35.5. The van der Waals surface area contributed by atoms with E-state index in [1.807, 2.05) is 0 Å². The number of aliphatic hydroxyl groups excluding tert-OH is 1. The number of aliphatic hydroxyl groups is 1. The van der Waals surface area contributed by atoms with Crippen molar-refractivity contribution in [3.8, 4) is 0 Å². The summed E-state index contributed by atoms with van der Waals surface area (Å²) in [6, 6.07) is 1.70. The highest BCUT2D eigenvalue weighted by Crippen LogP contribution is 2.23. The number of anilines is 1. The zero-order chi connectivity index (χ0) is 14.5. The van der Waals surface area contributed by atoms with Crippen LogP contribution < -0.4 is 5.32 Å². The molecule has 110 valence electrons. The second-order valence-corrected chi connectivity index (χ2v) is 5.47. The lowest BCUT2D eigenvalue weighted by Gasteiger charge is -2.17. The third-order valence-corrected chi connectivity index (χ3v) is 3.77. The number of likely N-dealkylation sites (tertiary alicyclic amines) is 1. The smallest absolute Gasteiger partial charge is 0.255 e. The van der Waals surface area contributed by atoms with Gasteiger partial charge in [-0.3, -0.25) is 4.79 Å². The van der Waals surface area contributed by atoms with Crippen molar-refractivity contribution in [1.82, 2.24) is 9.88 Å². The van der Waals surface area contributed by atoms with Gasteiger partial charge in [-0.25, -0.2) is 4.98 Å². The van der Waals surface area contributed by atoms with Crippen LogP contribution in [0.25, 0.3) is 0 Å². The maximum atomic E-state index is 12.5. The highest BCUT2D eigenvalue weighted by Gasteiger charge is 2.27. The fourth-order valence-electron chi connectivity index (χ4n) is 2.29. The van der Waals surface area contributed by atoms with Crippen molar-refractivity contribution in [1.29, 1.82) is 0 Å². The summed E-state index contributed by atoms with van der Waals surface area (Å²) in [5.74, 6) is 0.752. The van der Waals surface area contributed by atoms with Crippen LogP contribution in [-0.2, 0) is 0 Å². The first kappa shape index (κ1) is 15.1. The minimum atomic E-state index is -0.0899. The standard InChI is InChI=1S/C14H20ClN3O2/c1-2-4-16-13-6-11(12(15)7-17-13)14(20)18-5-3-10(8-18)9-19/h6-7,10,19H,2-5,8-9H2,1H3,(H,16,17). The number of carbonyl (C=O) groups excluding carboxylic acids is 1. The van der Waals surface area contributed by atoms with Gasteiger partial charge in [0, 0.05) is 38.4 Å². The molecule has 1 fully saturated rings. The lowest BCUT2D eigenvalue weighted by atomic mass is 10.1. The van der Waals surface area contributed by atoms with Crippen molar-refractivity contribution < 1.29 is 9.90 Å². The van der Waals surface area contributed by atoms with Crippen LogP contribution in [0.1, 0.15) is 30.1 Å². The van der Waals surface area contributed by atoms with Crippen molar-refractivity contribution in [2.24, 2.45) is 5.92 Å². The van der Waals surface area contributed by atoms with Crippen molar-refractivity contribution in [2.45, 2.75) is 19.8 Å². The fraction of sp³-hybridized carbons (Fsp3) is 0.571. The summed E-state index contributed by atoms with van der Waals surface area (Å²) >= 11 is 6.09. The lowest BCUT2D eigenvalue weighted by molar-refractivity contribution is 0.0782. The normalized spacial score (nSPS) is 18.4. The molecule has 1 aliphatic rings. The van der Waals surface area contributed by atoms with E-state index in [4.69, 9.17) is 16.7 Å². The molecule has 2 rings (SSSR count). The molecular weight excluding hydrogens is 278 g/mol. The zero-order valence-corrected chi connectivity index (χ0v) is 12.4. The monoisotopic (exact) mass is 297 g/mol. The molecule has 1 saturated heterocycles. The van der Waals surface area contributed by atoms with E-state index in [1.165, 1.54) is 6.20 Å². The molecule has 1 unspecified atom stereocenters. The number of pyridine rings is 1. The Morgan fingerprint density at radius 3 is 3.10 bits per heavy atom. The molecule has 0 aromatic carbocycles. The van der Waals surface area contributed by atoms with Gasteiger partial charge >= 0.3 is 0 Å². The number of amides is 1. The Kier molecular flexibility index (Phi) is 5.20. The molecule has 0 bridgehead atoms. The van der Waals surface area contributed by atoms with Crippen LogP contribution in [0.4, 0.5) is 5.82 Å². The minimum Gasteiger partial charge on any atom is -0.396 e. The molecular formula is C14H20ClN3O2. The Bertz CT molecular complexity index is 481. The van der Waals surface area contributed by atoms with E-state index in [0.29, 0.717) is 29.5 Å². The number of carbonyl (C=O) groups is 1. The predicted molar refractivity (Wildman–Crippen MR) is 79.1 cm³/mol. The third-order valence-electron chi connectivity index (χ3n) is 3.47.